The van der Waals surface area contributed by atoms with E-state index < -0.39 is 58.1 Å². The van der Waals surface area contributed by atoms with E-state index in [0.29, 0.717) is 12.1 Å². The Kier molecular flexibility index (Phi) is 6.05. The van der Waals surface area contributed by atoms with E-state index in [1.807, 2.05) is 25.8 Å². The number of aromatic hydroxyl groups is 1. The molecule has 4 rings (SSSR count). The van der Waals surface area contributed by atoms with Gasteiger partial charge in [-0.15, -0.1) is 0 Å². The largest absolute Gasteiger partial charge is 0.502 e. The molecule has 2 aliphatic heterocycles. The molecule has 1 fully saturated rings. The molecule has 182 valence electrons. The van der Waals surface area contributed by atoms with Crippen molar-refractivity contribution in [2.24, 2.45) is 5.92 Å². The van der Waals surface area contributed by atoms with Gasteiger partial charge in [-0.25, -0.2) is 13.2 Å². The zero-order valence-corrected chi connectivity index (χ0v) is 18.9. The Morgan fingerprint density at radius 1 is 1.18 bits per heavy atom. The number of hydrogen-bond donors (Lipinski definition) is 2. The summed E-state index contributed by atoms with van der Waals surface area (Å²) in [5.74, 6) is -5.71. The van der Waals surface area contributed by atoms with Gasteiger partial charge in [0, 0.05) is 42.5 Å². The summed E-state index contributed by atoms with van der Waals surface area (Å²) in [4.78, 5) is 40.3. The zero-order valence-electron chi connectivity index (χ0n) is 18.9. The first-order valence-electron chi connectivity index (χ1n) is 11.0. The van der Waals surface area contributed by atoms with Crippen molar-refractivity contribution < 1.29 is 27.9 Å². The molecule has 2 aromatic rings. The SMILES string of the molecule is CC(C)[C@@H]1CC[C@H](C)N2CN1n1cc(C(=O)NCc3c(F)cc(F)cc3F)c(=O)c(O)c1C2=O. The first-order valence-corrected chi connectivity index (χ1v) is 11.0. The van der Waals surface area contributed by atoms with E-state index >= 15 is 0 Å². The van der Waals surface area contributed by atoms with Crippen molar-refractivity contribution in [2.45, 2.75) is 52.2 Å². The Morgan fingerprint density at radius 2 is 1.82 bits per heavy atom. The van der Waals surface area contributed by atoms with Crippen molar-refractivity contribution in [3.8, 4) is 5.75 Å². The molecule has 0 unspecified atom stereocenters. The van der Waals surface area contributed by atoms with Crippen molar-refractivity contribution in [1.29, 1.82) is 0 Å². The summed E-state index contributed by atoms with van der Waals surface area (Å²) in [5, 5.41) is 14.7. The van der Waals surface area contributed by atoms with Crippen LogP contribution in [0, 0.1) is 23.4 Å². The van der Waals surface area contributed by atoms with Crippen LogP contribution in [0.2, 0.25) is 0 Å². The fourth-order valence-electron chi connectivity index (χ4n) is 4.58. The van der Waals surface area contributed by atoms with Gasteiger partial charge < -0.3 is 15.3 Å². The number of aromatic nitrogens is 1. The van der Waals surface area contributed by atoms with E-state index in [0.717, 1.165) is 12.8 Å². The number of pyridine rings is 1. The van der Waals surface area contributed by atoms with Gasteiger partial charge in [-0.3, -0.25) is 24.1 Å². The highest BCUT2D eigenvalue weighted by Crippen LogP contribution is 2.31. The van der Waals surface area contributed by atoms with Gasteiger partial charge in [-0.05, 0) is 25.7 Å². The van der Waals surface area contributed by atoms with Crippen LogP contribution in [-0.2, 0) is 6.54 Å². The zero-order chi connectivity index (χ0) is 24.9. The van der Waals surface area contributed by atoms with Crippen LogP contribution in [0.4, 0.5) is 13.2 Å². The van der Waals surface area contributed by atoms with Crippen LogP contribution in [0.5, 0.6) is 5.75 Å². The first kappa shape index (κ1) is 23.7. The maximum absolute atomic E-state index is 13.9. The summed E-state index contributed by atoms with van der Waals surface area (Å²) in [7, 11) is 0. The molecule has 1 aromatic carbocycles. The minimum absolute atomic E-state index is 0.0421. The summed E-state index contributed by atoms with van der Waals surface area (Å²) < 4.78 is 42.3. The Labute approximate surface area is 193 Å². The molecule has 0 saturated carbocycles. The molecule has 34 heavy (non-hydrogen) atoms. The lowest BCUT2D eigenvalue weighted by atomic mass is 9.98. The second kappa shape index (κ2) is 8.69. The Morgan fingerprint density at radius 3 is 2.44 bits per heavy atom. The van der Waals surface area contributed by atoms with Crippen LogP contribution in [0.25, 0.3) is 0 Å². The maximum Gasteiger partial charge on any atom is 0.278 e. The molecule has 1 aromatic heterocycles. The first-order chi connectivity index (χ1) is 16.0. The van der Waals surface area contributed by atoms with Gasteiger partial charge in [0.25, 0.3) is 11.8 Å². The molecule has 8 nitrogen and oxygen atoms in total. The predicted octanol–water partition coefficient (Wildman–Crippen LogP) is 2.46. The van der Waals surface area contributed by atoms with Crippen molar-refractivity contribution in [3.63, 3.8) is 0 Å². The summed E-state index contributed by atoms with van der Waals surface area (Å²) >= 11 is 0. The van der Waals surface area contributed by atoms with Crippen LogP contribution in [0.15, 0.2) is 23.1 Å². The monoisotopic (exact) mass is 478 g/mol. The molecule has 11 heteroatoms. The number of rotatable bonds is 4. The van der Waals surface area contributed by atoms with Crippen LogP contribution >= 0.6 is 0 Å². The van der Waals surface area contributed by atoms with Crippen molar-refractivity contribution in [2.75, 3.05) is 11.7 Å². The molecule has 2 aliphatic rings. The lowest BCUT2D eigenvalue weighted by molar-refractivity contribution is 0.0623. The van der Waals surface area contributed by atoms with Gasteiger partial charge in [-0.2, -0.15) is 0 Å². The standard InChI is InChI=1S/C23H25F3N4O4/c1-11(2)18-5-4-12(3)28-10-30(18)29-9-15(20(31)21(32)19(29)23(28)34)22(33)27-8-14-16(25)6-13(24)7-17(14)26/h6-7,9,11-12,18,32H,4-5,8,10H2,1-3H3,(H,27,33)/t12-,18-/m0/s1. The Bertz CT molecular complexity index is 1210. The third-order valence-corrected chi connectivity index (χ3v) is 6.54. The van der Waals surface area contributed by atoms with Gasteiger partial charge in [-0.1, -0.05) is 13.8 Å². The molecule has 2 amide bonds. The topological polar surface area (TPSA) is 94.9 Å². The predicted molar refractivity (Wildman–Crippen MR) is 116 cm³/mol. The highest BCUT2D eigenvalue weighted by molar-refractivity contribution is 5.99. The number of nitrogens with zero attached hydrogens (tertiary/aromatic N) is 3. The summed E-state index contributed by atoms with van der Waals surface area (Å²) in [6.45, 7) is 5.50. The number of carbonyl (C=O) groups excluding carboxylic acids is 2. The number of benzene rings is 1. The van der Waals surface area contributed by atoms with E-state index in [1.54, 1.807) is 4.90 Å². The minimum Gasteiger partial charge on any atom is -0.502 e. The number of fused-ring (bicyclic) bond motifs is 4. The van der Waals surface area contributed by atoms with Crippen molar-refractivity contribution in [3.05, 3.63) is 62.8 Å². The van der Waals surface area contributed by atoms with E-state index in [2.05, 4.69) is 5.32 Å². The van der Waals surface area contributed by atoms with Crippen LogP contribution in [0.1, 0.15) is 60.0 Å². The second-order valence-electron chi connectivity index (χ2n) is 9.04. The molecule has 2 N–H and O–H groups in total. The Hall–Kier alpha value is -3.50. The van der Waals surface area contributed by atoms with E-state index in [1.165, 1.54) is 10.9 Å². The molecule has 2 atom stereocenters. The fraction of sp³-hybridized carbons (Fsp3) is 0.435. The van der Waals surface area contributed by atoms with Gasteiger partial charge in [0.1, 0.15) is 29.7 Å². The van der Waals surface area contributed by atoms with Gasteiger partial charge in [0.15, 0.2) is 11.4 Å². The third kappa shape index (κ3) is 3.88. The van der Waals surface area contributed by atoms with E-state index in [4.69, 9.17) is 0 Å². The molecule has 0 aliphatic carbocycles. The lowest BCUT2D eigenvalue weighted by Gasteiger charge is -2.43. The molecule has 1 saturated heterocycles. The van der Waals surface area contributed by atoms with Crippen LogP contribution in [-0.4, -0.2) is 45.2 Å². The number of hydrogen-bond acceptors (Lipinski definition) is 5. The summed E-state index contributed by atoms with van der Waals surface area (Å²) in [5.41, 5.74) is -2.38. The number of amides is 2. The van der Waals surface area contributed by atoms with E-state index in [9.17, 15) is 32.7 Å². The van der Waals surface area contributed by atoms with E-state index in [-0.39, 0.29) is 30.4 Å². The number of carbonyl (C=O) groups is 2. The minimum atomic E-state index is -1.19. The molecule has 0 spiro atoms. The molecular formula is C23H25F3N4O4. The van der Waals surface area contributed by atoms with Crippen molar-refractivity contribution >= 4 is 11.8 Å². The number of halogens is 3. The van der Waals surface area contributed by atoms with Crippen LogP contribution < -0.4 is 15.8 Å². The highest BCUT2D eigenvalue weighted by atomic mass is 19.1. The smallest absolute Gasteiger partial charge is 0.278 e. The summed E-state index contributed by atoms with van der Waals surface area (Å²) in [6, 6.07) is 0.812. The Balaban J connectivity index is 1.73. The highest BCUT2D eigenvalue weighted by Gasteiger charge is 2.41. The quantitative estimate of drug-likeness (QED) is 0.704. The average molecular weight is 478 g/mol. The second-order valence-corrected chi connectivity index (χ2v) is 9.04. The fourth-order valence-corrected chi connectivity index (χ4v) is 4.58. The average Bonchev–Trinajstić information content (AvgIpc) is 2.90. The van der Waals surface area contributed by atoms with Crippen LogP contribution in [0.3, 0.4) is 0 Å². The van der Waals surface area contributed by atoms with Gasteiger partial charge >= 0.3 is 0 Å². The lowest BCUT2D eigenvalue weighted by Crippen LogP contribution is -2.58. The summed E-state index contributed by atoms with van der Waals surface area (Å²) in [6.07, 6.45) is 2.65. The number of nitrogens with one attached hydrogen (secondary N) is 1. The van der Waals surface area contributed by atoms with Gasteiger partial charge in [0.2, 0.25) is 5.43 Å². The molecule has 0 radical (unpaired) electrons. The third-order valence-electron chi connectivity index (χ3n) is 6.54. The molecular weight excluding hydrogens is 453 g/mol. The van der Waals surface area contributed by atoms with Crippen molar-refractivity contribution in [1.82, 2.24) is 14.9 Å². The molecule has 2 bridgehead atoms. The normalized spacial score (nSPS) is 19.8. The van der Waals surface area contributed by atoms with Gasteiger partial charge in [0.05, 0.1) is 0 Å². The molecule has 3 heterocycles. The maximum atomic E-state index is 13.9.